The highest BCUT2D eigenvalue weighted by atomic mass is 19.1. The molecule has 1 aromatic heterocycles. The fourth-order valence-corrected chi connectivity index (χ4v) is 2.31. The highest BCUT2D eigenvalue weighted by Gasteiger charge is 2.09. The number of rotatable bonds is 6. The molecule has 118 valence electrons. The molecular formula is C18H16FNO3. The van der Waals surface area contributed by atoms with Crippen molar-refractivity contribution in [2.45, 2.75) is 6.61 Å². The molecule has 23 heavy (non-hydrogen) atoms. The van der Waals surface area contributed by atoms with Crippen LogP contribution in [0.15, 0.2) is 54.7 Å². The van der Waals surface area contributed by atoms with E-state index in [1.807, 2.05) is 12.1 Å². The van der Waals surface area contributed by atoms with Gasteiger partial charge in [0.15, 0.2) is 11.5 Å². The van der Waals surface area contributed by atoms with E-state index in [0.717, 1.165) is 5.56 Å². The second-order valence-electron chi connectivity index (χ2n) is 4.91. The van der Waals surface area contributed by atoms with Crippen LogP contribution in [0.1, 0.15) is 5.56 Å². The lowest BCUT2D eigenvalue weighted by Crippen LogP contribution is -2.04. The number of aromatic nitrogens is 1. The second-order valence-corrected chi connectivity index (χ2v) is 4.91. The topological polar surface area (TPSA) is 51.6 Å². The molecule has 0 spiro atoms. The molecule has 0 aliphatic carbocycles. The predicted molar refractivity (Wildman–Crippen MR) is 85.1 cm³/mol. The Kier molecular flexibility index (Phi) is 4.68. The Hall–Kier alpha value is -2.66. The van der Waals surface area contributed by atoms with E-state index >= 15 is 0 Å². The number of aliphatic hydroxyl groups excluding tert-OH is 1. The van der Waals surface area contributed by atoms with Gasteiger partial charge in [0.2, 0.25) is 0 Å². The third-order valence-electron chi connectivity index (χ3n) is 3.38. The molecule has 0 saturated carbocycles. The standard InChI is InChI=1S/C18H16FNO3/c19-15-8-7-13(18-14(15)4-3-9-20-18)12-23-17-6-2-1-5-16(17)22-11-10-21/h1-9,21H,10-12H2. The van der Waals surface area contributed by atoms with Gasteiger partial charge in [0.1, 0.15) is 19.0 Å². The van der Waals surface area contributed by atoms with Crippen LogP contribution in [0.5, 0.6) is 11.5 Å². The van der Waals surface area contributed by atoms with Gasteiger partial charge >= 0.3 is 0 Å². The molecule has 1 N–H and O–H groups in total. The molecule has 2 aromatic carbocycles. The third kappa shape index (κ3) is 3.40. The second kappa shape index (κ2) is 7.07. The van der Waals surface area contributed by atoms with Gasteiger partial charge in [-0.3, -0.25) is 4.98 Å². The summed E-state index contributed by atoms with van der Waals surface area (Å²) in [5, 5.41) is 9.33. The minimum Gasteiger partial charge on any atom is -0.487 e. The fraction of sp³-hybridized carbons (Fsp3) is 0.167. The van der Waals surface area contributed by atoms with E-state index in [4.69, 9.17) is 14.6 Å². The molecule has 0 amide bonds. The maximum atomic E-state index is 13.8. The zero-order valence-electron chi connectivity index (χ0n) is 12.4. The Labute approximate surface area is 133 Å². The third-order valence-corrected chi connectivity index (χ3v) is 3.38. The van der Waals surface area contributed by atoms with Crippen LogP contribution in [0.2, 0.25) is 0 Å². The first-order valence-electron chi connectivity index (χ1n) is 7.27. The number of fused-ring (bicyclic) bond motifs is 1. The summed E-state index contributed by atoms with van der Waals surface area (Å²) >= 11 is 0. The summed E-state index contributed by atoms with van der Waals surface area (Å²) in [5.74, 6) is 0.818. The number of aliphatic hydroxyl groups is 1. The molecule has 0 aliphatic heterocycles. The first kappa shape index (κ1) is 15.2. The quantitative estimate of drug-likeness (QED) is 0.758. The van der Waals surface area contributed by atoms with E-state index in [9.17, 15) is 4.39 Å². The lowest BCUT2D eigenvalue weighted by molar-refractivity contribution is 0.192. The Bertz CT molecular complexity index is 807. The molecule has 0 atom stereocenters. The largest absolute Gasteiger partial charge is 0.487 e. The van der Waals surface area contributed by atoms with Crippen molar-refractivity contribution in [3.8, 4) is 11.5 Å². The van der Waals surface area contributed by atoms with Crippen molar-refractivity contribution in [2.24, 2.45) is 0 Å². The zero-order valence-corrected chi connectivity index (χ0v) is 12.4. The van der Waals surface area contributed by atoms with Gasteiger partial charge in [-0.25, -0.2) is 4.39 Å². The van der Waals surface area contributed by atoms with Crippen molar-refractivity contribution in [3.63, 3.8) is 0 Å². The summed E-state index contributed by atoms with van der Waals surface area (Å²) in [6.07, 6.45) is 1.63. The van der Waals surface area contributed by atoms with E-state index in [2.05, 4.69) is 4.98 Å². The molecule has 3 aromatic rings. The van der Waals surface area contributed by atoms with Crippen LogP contribution >= 0.6 is 0 Å². The summed E-state index contributed by atoms with van der Waals surface area (Å²) in [7, 11) is 0. The minimum atomic E-state index is -0.302. The summed E-state index contributed by atoms with van der Waals surface area (Å²) in [5.41, 5.74) is 1.38. The summed E-state index contributed by atoms with van der Waals surface area (Å²) in [6.45, 7) is 0.371. The molecular weight excluding hydrogens is 297 g/mol. The lowest BCUT2D eigenvalue weighted by atomic mass is 10.1. The zero-order chi connectivity index (χ0) is 16.1. The molecule has 4 nitrogen and oxygen atoms in total. The van der Waals surface area contributed by atoms with Crippen LogP contribution < -0.4 is 9.47 Å². The van der Waals surface area contributed by atoms with E-state index in [-0.39, 0.29) is 25.6 Å². The average Bonchev–Trinajstić information content (AvgIpc) is 2.60. The van der Waals surface area contributed by atoms with E-state index in [1.54, 1.807) is 36.5 Å². The van der Waals surface area contributed by atoms with Gasteiger partial charge < -0.3 is 14.6 Å². The van der Waals surface area contributed by atoms with E-state index < -0.39 is 0 Å². The highest BCUT2D eigenvalue weighted by molar-refractivity contribution is 5.82. The number of hydrogen-bond acceptors (Lipinski definition) is 4. The van der Waals surface area contributed by atoms with Crippen LogP contribution in [0.25, 0.3) is 10.9 Å². The van der Waals surface area contributed by atoms with E-state index in [0.29, 0.717) is 22.4 Å². The number of halogens is 1. The van der Waals surface area contributed by atoms with E-state index in [1.165, 1.54) is 6.07 Å². The first-order chi connectivity index (χ1) is 11.3. The van der Waals surface area contributed by atoms with Gasteiger partial charge in [-0.15, -0.1) is 0 Å². The molecule has 3 rings (SSSR count). The van der Waals surface area contributed by atoms with Gasteiger partial charge in [0, 0.05) is 17.1 Å². The van der Waals surface area contributed by atoms with Crippen LogP contribution in [-0.2, 0) is 6.61 Å². The maximum absolute atomic E-state index is 13.8. The summed E-state index contributed by atoms with van der Waals surface area (Å²) in [6, 6.07) is 13.7. The van der Waals surface area contributed by atoms with Gasteiger partial charge in [0.25, 0.3) is 0 Å². The SMILES string of the molecule is OCCOc1ccccc1OCc1ccc(F)c2cccnc12. The molecule has 5 heteroatoms. The molecule has 1 heterocycles. The Morgan fingerprint density at radius 2 is 1.74 bits per heavy atom. The van der Waals surface area contributed by atoms with Crippen molar-refractivity contribution in [1.29, 1.82) is 0 Å². The lowest BCUT2D eigenvalue weighted by Gasteiger charge is -2.13. The average molecular weight is 313 g/mol. The number of pyridine rings is 1. The predicted octanol–water partition coefficient (Wildman–Crippen LogP) is 3.32. The van der Waals surface area contributed by atoms with Gasteiger partial charge in [0.05, 0.1) is 12.1 Å². The molecule has 0 fully saturated rings. The Balaban J connectivity index is 1.83. The van der Waals surface area contributed by atoms with Crippen molar-refractivity contribution >= 4 is 10.9 Å². The van der Waals surface area contributed by atoms with Gasteiger partial charge in [-0.1, -0.05) is 18.2 Å². The van der Waals surface area contributed by atoms with Gasteiger partial charge in [-0.05, 0) is 30.3 Å². The maximum Gasteiger partial charge on any atom is 0.161 e. The van der Waals surface area contributed by atoms with Crippen molar-refractivity contribution in [1.82, 2.24) is 4.98 Å². The smallest absolute Gasteiger partial charge is 0.161 e. The van der Waals surface area contributed by atoms with Crippen molar-refractivity contribution in [3.05, 3.63) is 66.1 Å². The fourth-order valence-electron chi connectivity index (χ4n) is 2.31. The normalized spacial score (nSPS) is 10.7. The first-order valence-corrected chi connectivity index (χ1v) is 7.27. The van der Waals surface area contributed by atoms with Crippen molar-refractivity contribution < 1.29 is 19.0 Å². The number of ether oxygens (including phenoxy) is 2. The summed E-state index contributed by atoms with van der Waals surface area (Å²) < 4.78 is 25.0. The van der Waals surface area contributed by atoms with Crippen molar-refractivity contribution in [2.75, 3.05) is 13.2 Å². The molecule has 0 aliphatic rings. The highest BCUT2D eigenvalue weighted by Crippen LogP contribution is 2.28. The number of hydrogen-bond donors (Lipinski definition) is 1. The number of benzene rings is 2. The van der Waals surface area contributed by atoms with Gasteiger partial charge in [-0.2, -0.15) is 0 Å². The molecule has 0 saturated heterocycles. The molecule has 0 unspecified atom stereocenters. The Morgan fingerprint density at radius 1 is 0.957 bits per heavy atom. The van der Waals surface area contributed by atoms with Crippen LogP contribution in [0.4, 0.5) is 4.39 Å². The molecule has 0 radical (unpaired) electrons. The van der Waals surface area contributed by atoms with Crippen LogP contribution in [0.3, 0.4) is 0 Å². The number of nitrogens with zero attached hydrogens (tertiary/aromatic N) is 1. The van der Waals surface area contributed by atoms with Crippen LogP contribution in [0, 0.1) is 5.82 Å². The minimum absolute atomic E-state index is 0.0686. The Morgan fingerprint density at radius 3 is 2.52 bits per heavy atom. The monoisotopic (exact) mass is 313 g/mol. The van der Waals surface area contributed by atoms with Crippen LogP contribution in [-0.4, -0.2) is 23.3 Å². The molecule has 0 bridgehead atoms. The number of para-hydroxylation sites is 2. The summed E-state index contributed by atoms with van der Waals surface area (Å²) in [4.78, 5) is 4.24.